The summed E-state index contributed by atoms with van der Waals surface area (Å²) >= 11 is 5.87. The van der Waals surface area contributed by atoms with Crippen molar-refractivity contribution in [3.63, 3.8) is 0 Å². The summed E-state index contributed by atoms with van der Waals surface area (Å²) in [6, 6.07) is 6.96. The summed E-state index contributed by atoms with van der Waals surface area (Å²) in [6.45, 7) is 0.922. The number of nitrogens with two attached hydrogens (primary N) is 1. The number of carboxylic acid groups (broad SMARTS) is 2. The fraction of sp³-hybridized carbons (Fsp3) is 0.357. The first-order chi connectivity index (χ1) is 10.8. The van der Waals surface area contributed by atoms with Crippen LogP contribution < -0.4 is 10.5 Å². The number of nitrogens with zero attached hydrogens (tertiary/aromatic N) is 1. The lowest BCUT2D eigenvalue weighted by Crippen LogP contribution is -2.26. The van der Waals surface area contributed by atoms with Crippen LogP contribution in [0.1, 0.15) is 12.0 Å². The van der Waals surface area contributed by atoms with E-state index in [9.17, 15) is 0 Å². The fourth-order valence-corrected chi connectivity index (χ4v) is 1.58. The highest BCUT2D eigenvalue weighted by molar-refractivity contribution is 6.30. The summed E-state index contributed by atoms with van der Waals surface area (Å²) in [5, 5.41) is 24.3. The highest BCUT2D eigenvalue weighted by atomic mass is 35.5. The van der Waals surface area contributed by atoms with Gasteiger partial charge in [-0.05, 0) is 25.1 Å². The number of ether oxygens (including phenoxy) is 2. The second-order valence-corrected chi connectivity index (χ2v) is 4.57. The summed E-state index contributed by atoms with van der Waals surface area (Å²) in [5.41, 5.74) is 5.94. The Bertz CT molecular complexity index is 555. The number of aliphatic carboxylic acids is 2. The first-order valence-corrected chi connectivity index (χ1v) is 6.75. The van der Waals surface area contributed by atoms with Gasteiger partial charge in [0.05, 0.1) is 12.2 Å². The molecule has 1 aromatic rings. The highest BCUT2D eigenvalue weighted by Crippen LogP contribution is 2.24. The molecule has 0 fully saturated rings. The van der Waals surface area contributed by atoms with Gasteiger partial charge >= 0.3 is 11.9 Å². The molecule has 0 aliphatic heterocycles. The van der Waals surface area contributed by atoms with Gasteiger partial charge in [0.2, 0.25) is 0 Å². The van der Waals surface area contributed by atoms with Gasteiger partial charge in [0.25, 0.3) is 0 Å². The van der Waals surface area contributed by atoms with E-state index in [1.165, 1.54) is 0 Å². The van der Waals surface area contributed by atoms with E-state index >= 15 is 0 Å². The second-order valence-electron chi connectivity index (χ2n) is 4.14. The van der Waals surface area contributed by atoms with Gasteiger partial charge in [0, 0.05) is 18.2 Å². The zero-order valence-corrected chi connectivity index (χ0v) is 13.1. The van der Waals surface area contributed by atoms with E-state index in [1.807, 2.05) is 0 Å². The fourth-order valence-electron chi connectivity index (χ4n) is 1.41. The molecule has 9 heteroatoms. The van der Waals surface area contributed by atoms with Crippen LogP contribution in [0, 0.1) is 11.3 Å². The van der Waals surface area contributed by atoms with Crippen molar-refractivity contribution in [2.24, 2.45) is 5.73 Å². The molecular weight excluding hydrogens is 328 g/mol. The van der Waals surface area contributed by atoms with Crippen molar-refractivity contribution in [1.82, 2.24) is 0 Å². The van der Waals surface area contributed by atoms with Gasteiger partial charge in [-0.15, -0.1) is 0 Å². The largest absolute Gasteiger partial charge is 0.487 e. The summed E-state index contributed by atoms with van der Waals surface area (Å²) in [6.07, 6.45) is 0.487. The number of hydrogen-bond donors (Lipinski definition) is 3. The Morgan fingerprint density at radius 3 is 2.43 bits per heavy atom. The van der Waals surface area contributed by atoms with Crippen molar-refractivity contribution in [1.29, 1.82) is 5.26 Å². The molecule has 0 spiro atoms. The van der Waals surface area contributed by atoms with Crippen LogP contribution in [0.4, 0.5) is 0 Å². The van der Waals surface area contributed by atoms with Crippen LogP contribution in [0.25, 0.3) is 0 Å². The molecule has 0 aliphatic carbocycles. The number of benzene rings is 1. The number of methoxy groups -OCH3 is 1. The van der Waals surface area contributed by atoms with Gasteiger partial charge in [-0.25, -0.2) is 9.59 Å². The molecule has 0 saturated heterocycles. The molecule has 126 valence electrons. The van der Waals surface area contributed by atoms with E-state index < -0.39 is 11.9 Å². The predicted octanol–water partition coefficient (Wildman–Crippen LogP) is 1.11. The quantitative estimate of drug-likeness (QED) is 0.651. The maximum absolute atomic E-state index is 9.10. The van der Waals surface area contributed by atoms with Crippen LogP contribution in [0.5, 0.6) is 5.75 Å². The molecule has 8 nitrogen and oxygen atoms in total. The molecule has 0 saturated carbocycles. The second kappa shape index (κ2) is 11.3. The lowest BCUT2D eigenvalue weighted by molar-refractivity contribution is -0.159. The van der Waals surface area contributed by atoms with E-state index in [0.717, 1.165) is 0 Å². The maximum atomic E-state index is 9.10. The molecule has 4 N–H and O–H groups in total. The molecule has 0 amide bonds. The van der Waals surface area contributed by atoms with Crippen molar-refractivity contribution >= 4 is 23.5 Å². The highest BCUT2D eigenvalue weighted by Gasteiger charge is 2.12. The van der Waals surface area contributed by atoms with Gasteiger partial charge in [-0.3, -0.25) is 0 Å². The predicted molar refractivity (Wildman–Crippen MR) is 81.4 cm³/mol. The number of carbonyl (C=O) groups is 2. The maximum Gasteiger partial charge on any atom is 0.414 e. The number of hydrogen-bond acceptors (Lipinski definition) is 6. The molecule has 0 radical (unpaired) electrons. The Labute approximate surface area is 138 Å². The standard InChI is InChI=1S/C12H15ClN2O2.C2H2O4/c1-16-8-11(4-5-14)17-12-6-10(13)3-2-9(12)7-15;3-1(4)2(5)6/h2-3,6,11H,4-5,8,14H2,1H3;(H,3,4)(H,5,6)/t11-;/m1./s1. The van der Waals surface area contributed by atoms with Gasteiger partial charge in [-0.2, -0.15) is 5.26 Å². The molecule has 0 aliphatic rings. The number of halogens is 1. The normalized spacial score (nSPS) is 10.7. The van der Waals surface area contributed by atoms with Crippen molar-refractivity contribution in [2.45, 2.75) is 12.5 Å². The van der Waals surface area contributed by atoms with E-state index in [4.69, 9.17) is 51.9 Å². The Morgan fingerprint density at radius 1 is 1.39 bits per heavy atom. The van der Waals surface area contributed by atoms with Crippen LogP contribution in [0.3, 0.4) is 0 Å². The lowest BCUT2D eigenvalue weighted by atomic mass is 10.2. The third-order valence-corrected chi connectivity index (χ3v) is 2.62. The van der Waals surface area contributed by atoms with Gasteiger partial charge in [0.1, 0.15) is 17.9 Å². The van der Waals surface area contributed by atoms with Crippen LogP contribution in [-0.4, -0.2) is 48.5 Å². The Kier molecular flexibility index (Phi) is 10.1. The van der Waals surface area contributed by atoms with Crippen molar-refractivity contribution in [3.8, 4) is 11.8 Å². The number of carboxylic acids is 2. The zero-order chi connectivity index (χ0) is 17.8. The summed E-state index contributed by atoms with van der Waals surface area (Å²) in [4.78, 5) is 18.2. The topological polar surface area (TPSA) is 143 Å². The average Bonchev–Trinajstić information content (AvgIpc) is 2.48. The van der Waals surface area contributed by atoms with Crippen LogP contribution in [0.15, 0.2) is 18.2 Å². The van der Waals surface area contributed by atoms with Crippen LogP contribution in [0.2, 0.25) is 5.02 Å². The SMILES string of the molecule is COC[C@@H](CCN)Oc1cc(Cl)ccc1C#N.O=C(O)C(=O)O. The number of rotatable bonds is 6. The van der Waals surface area contributed by atoms with Gasteiger partial charge < -0.3 is 25.4 Å². The third kappa shape index (κ3) is 8.63. The minimum absolute atomic E-state index is 0.171. The average molecular weight is 345 g/mol. The monoisotopic (exact) mass is 344 g/mol. The minimum atomic E-state index is -1.82. The summed E-state index contributed by atoms with van der Waals surface area (Å²) in [7, 11) is 1.59. The van der Waals surface area contributed by atoms with E-state index in [2.05, 4.69) is 6.07 Å². The summed E-state index contributed by atoms with van der Waals surface area (Å²) in [5.74, 6) is -3.18. The Hall–Kier alpha value is -2.34. The molecule has 23 heavy (non-hydrogen) atoms. The Morgan fingerprint density at radius 2 is 2.00 bits per heavy atom. The first-order valence-electron chi connectivity index (χ1n) is 6.37. The van der Waals surface area contributed by atoms with E-state index in [0.29, 0.717) is 35.9 Å². The van der Waals surface area contributed by atoms with Crippen molar-refractivity contribution < 1.29 is 29.3 Å². The molecule has 1 rings (SSSR count). The van der Waals surface area contributed by atoms with Crippen molar-refractivity contribution in [2.75, 3.05) is 20.3 Å². The molecule has 0 aromatic heterocycles. The minimum Gasteiger partial charge on any atom is -0.487 e. The third-order valence-electron chi connectivity index (χ3n) is 2.38. The van der Waals surface area contributed by atoms with Crippen molar-refractivity contribution in [3.05, 3.63) is 28.8 Å². The van der Waals surface area contributed by atoms with Gasteiger partial charge in [0.15, 0.2) is 0 Å². The molecule has 0 unspecified atom stereocenters. The molecule has 0 heterocycles. The molecular formula is C14H17ClN2O6. The van der Waals surface area contributed by atoms with Crippen LogP contribution >= 0.6 is 11.6 Å². The van der Waals surface area contributed by atoms with E-state index in [1.54, 1.807) is 25.3 Å². The molecule has 1 aromatic carbocycles. The Balaban J connectivity index is 0.000000688. The first kappa shape index (κ1) is 20.7. The van der Waals surface area contributed by atoms with Gasteiger partial charge in [-0.1, -0.05) is 11.6 Å². The lowest BCUT2D eigenvalue weighted by Gasteiger charge is -2.18. The number of nitriles is 1. The zero-order valence-electron chi connectivity index (χ0n) is 12.4. The van der Waals surface area contributed by atoms with E-state index in [-0.39, 0.29) is 6.10 Å². The smallest absolute Gasteiger partial charge is 0.414 e. The van der Waals surface area contributed by atoms with Crippen LogP contribution in [-0.2, 0) is 14.3 Å². The molecule has 0 bridgehead atoms. The molecule has 1 atom stereocenters. The summed E-state index contributed by atoms with van der Waals surface area (Å²) < 4.78 is 10.7.